The Morgan fingerprint density at radius 1 is 0.885 bits per heavy atom. The Morgan fingerprint density at radius 3 is 2.50 bits per heavy atom. The summed E-state index contributed by atoms with van der Waals surface area (Å²) in [7, 11) is 0. The van der Waals surface area contributed by atoms with Gasteiger partial charge in [0.2, 0.25) is 0 Å². The first kappa shape index (κ1) is 17.6. The Labute approximate surface area is 159 Å². The molecule has 26 heavy (non-hydrogen) atoms. The minimum atomic E-state index is 0.586. The molecule has 2 aliphatic carbocycles. The van der Waals surface area contributed by atoms with Crippen LogP contribution in [0, 0.1) is 13.8 Å². The van der Waals surface area contributed by atoms with Gasteiger partial charge in [-0.1, -0.05) is 81.0 Å². The molecule has 2 aromatic carbocycles. The molecule has 0 heterocycles. The minimum absolute atomic E-state index is 0.586. The van der Waals surface area contributed by atoms with Crippen LogP contribution in [0.2, 0.25) is 0 Å². The van der Waals surface area contributed by atoms with Crippen LogP contribution in [0.1, 0.15) is 92.0 Å². The quantitative estimate of drug-likeness (QED) is 0.447. The second-order valence-electron chi connectivity index (χ2n) is 8.34. The van der Waals surface area contributed by atoms with Gasteiger partial charge in [-0.3, -0.25) is 0 Å². The predicted octanol–water partition coefficient (Wildman–Crippen LogP) is 7.95. The number of rotatable bonds is 7. The molecule has 2 aromatic rings. The van der Waals surface area contributed by atoms with E-state index in [1.165, 1.54) is 73.6 Å². The summed E-state index contributed by atoms with van der Waals surface area (Å²) >= 11 is 0. The van der Waals surface area contributed by atoms with Gasteiger partial charge in [0, 0.05) is 5.92 Å². The number of aryl methyl sites for hydroxylation is 2. The van der Waals surface area contributed by atoms with Crippen molar-refractivity contribution in [3.05, 3.63) is 64.2 Å². The van der Waals surface area contributed by atoms with Gasteiger partial charge < -0.3 is 0 Å². The average Bonchev–Trinajstić information content (AvgIpc) is 2.95. The first-order valence-corrected chi connectivity index (χ1v) is 10.6. The zero-order valence-corrected chi connectivity index (χ0v) is 16.7. The molecule has 0 amide bonds. The average molecular weight is 345 g/mol. The highest BCUT2D eigenvalue weighted by Gasteiger charge is 2.34. The Morgan fingerprint density at radius 2 is 1.65 bits per heavy atom. The van der Waals surface area contributed by atoms with Gasteiger partial charge in [0.05, 0.1) is 0 Å². The topological polar surface area (TPSA) is 0 Å². The monoisotopic (exact) mass is 344 g/mol. The van der Waals surface area contributed by atoms with E-state index in [9.17, 15) is 0 Å². The molecular formula is C26H32. The van der Waals surface area contributed by atoms with Crippen LogP contribution in [0.4, 0.5) is 0 Å². The zero-order valence-electron chi connectivity index (χ0n) is 16.7. The maximum Gasteiger partial charge on any atom is 0.0143 e. The van der Waals surface area contributed by atoms with Gasteiger partial charge in [-0.05, 0) is 72.1 Å². The van der Waals surface area contributed by atoms with Crippen molar-refractivity contribution in [3.63, 3.8) is 0 Å². The number of hydrogen-bond donors (Lipinski definition) is 0. The normalized spacial score (nSPS) is 17.0. The fourth-order valence-corrected chi connectivity index (χ4v) is 5.05. The molecule has 0 radical (unpaired) electrons. The molecule has 136 valence electrons. The first-order chi connectivity index (χ1) is 12.7. The van der Waals surface area contributed by atoms with Gasteiger partial charge in [0.25, 0.3) is 0 Å². The summed E-state index contributed by atoms with van der Waals surface area (Å²) < 4.78 is 0. The van der Waals surface area contributed by atoms with Crippen molar-refractivity contribution in [2.24, 2.45) is 0 Å². The maximum atomic E-state index is 2.56. The van der Waals surface area contributed by atoms with E-state index in [1.807, 2.05) is 0 Å². The SMILES string of the molecule is CCCCCCCCC1=CCC2c3cc(C)ccc3-c3ccc(C)c1c32. The summed E-state index contributed by atoms with van der Waals surface area (Å²) in [6.45, 7) is 6.82. The lowest BCUT2D eigenvalue weighted by atomic mass is 9.79. The molecule has 2 aliphatic rings. The predicted molar refractivity (Wildman–Crippen MR) is 114 cm³/mol. The van der Waals surface area contributed by atoms with Crippen LogP contribution in [-0.4, -0.2) is 0 Å². The van der Waals surface area contributed by atoms with Crippen molar-refractivity contribution in [1.29, 1.82) is 0 Å². The van der Waals surface area contributed by atoms with E-state index in [0.29, 0.717) is 5.92 Å². The van der Waals surface area contributed by atoms with E-state index in [1.54, 1.807) is 22.3 Å². The molecule has 0 heteroatoms. The summed E-state index contributed by atoms with van der Waals surface area (Å²) in [5.41, 5.74) is 12.2. The highest BCUT2D eigenvalue weighted by Crippen LogP contribution is 2.53. The Kier molecular flexibility index (Phi) is 5.02. The van der Waals surface area contributed by atoms with Crippen LogP contribution in [0.3, 0.4) is 0 Å². The highest BCUT2D eigenvalue weighted by molar-refractivity contribution is 5.88. The fourth-order valence-electron chi connectivity index (χ4n) is 5.05. The number of benzene rings is 2. The molecule has 0 aromatic heterocycles. The number of allylic oxidation sites excluding steroid dienone is 2. The van der Waals surface area contributed by atoms with Crippen LogP contribution in [0.5, 0.6) is 0 Å². The molecule has 0 bridgehead atoms. The maximum absolute atomic E-state index is 2.56. The number of hydrogen-bond acceptors (Lipinski definition) is 0. The van der Waals surface area contributed by atoms with Crippen molar-refractivity contribution in [2.45, 2.75) is 78.1 Å². The standard InChI is InChI=1S/C26H32/c1-4-5-6-7-8-9-10-20-13-16-23-24-17-18(2)11-14-21(24)22-15-12-19(3)25(20)26(22)23/h11-15,17,23H,4-10,16H2,1-3H3. The van der Waals surface area contributed by atoms with E-state index < -0.39 is 0 Å². The van der Waals surface area contributed by atoms with E-state index in [0.717, 1.165) is 0 Å². The van der Waals surface area contributed by atoms with Crippen LogP contribution in [-0.2, 0) is 0 Å². The summed E-state index contributed by atoms with van der Waals surface area (Å²) in [6.07, 6.45) is 13.3. The van der Waals surface area contributed by atoms with Crippen molar-refractivity contribution in [3.8, 4) is 11.1 Å². The lowest BCUT2D eigenvalue weighted by Crippen LogP contribution is -2.07. The van der Waals surface area contributed by atoms with E-state index in [4.69, 9.17) is 0 Å². The molecule has 4 rings (SSSR count). The number of unbranched alkanes of at least 4 members (excludes halogenated alkanes) is 5. The molecular weight excluding hydrogens is 312 g/mol. The van der Waals surface area contributed by atoms with Crippen LogP contribution in [0.25, 0.3) is 16.7 Å². The highest BCUT2D eigenvalue weighted by atomic mass is 14.4. The molecule has 0 N–H and O–H groups in total. The lowest BCUT2D eigenvalue weighted by Gasteiger charge is -2.25. The minimum Gasteiger partial charge on any atom is -0.0798 e. The molecule has 1 atom stereocenters. The van der Waals surface area contributed by atoms with Crippen LogP contribution >= 0.6 is 0 Å². The molecule has 1 unspecified atom stereocenters. The molecule has 0 saturated carbocycles. The summed E-state index contributed by atoms with van der Waals surface area (Å²) in [4.78, 5) is 0. The summed E-state index contributed by atoms with van der Waals surface area (Å²) in [5, 5.41) is 0. The second kappa shape index (κ2) is 7.43. The Balaban J connectivity index is 1.59. The molecule has 0 aliphatic heterocycles. The van der Waals surface area contributed by atoms with E-state index >= 15 is 0 Å². The number of fused-ring (bicyclic) bond motifs is 3. The van der Waals surface area contributed by atoms with Gasteiger partial charge in [-0.2, -0.15) is 0 Å². The van der Waals surface area contributed by atoms with Crippen molar-refractivity contribution >= 4 is 5.57 Å². The van der Waals surface area contributed by atoms with Gasteiger partial charge in [0.15, 0.2) is 0 Å². The van der Waals surface area contributed by atoms with Crippen molar-refractivity contribution < 1.29 is 0 Å². The molecule has 0 fully saturated rings. The van der Waals surface area contributed by atoms with Crippen LogP contribution < -0.4 is 0 Å². The molecule has 0 saturated heterocycles. The third-order valence-corrected chi connectivity index (χ3v) is 6.40. The lowest BCUT2D eigenvalue weighted by molar-refractivity contribution is 0.612. The third kappa shape index (κ3) is 3.04. The van der Waals surface area contributed by atoms with Gasteiger partial charge in [-0.25, -0.2) is 0 Å². The largest absolute Gasteiger partial charge is 0.0798 e. The fraction of sp³-hybridized carbons (Fsp3) is 0.462. The van der Waals surface area contributed by atoms with E-state index in [2.05, 4.69) is 57.2 Å². The van der Waals surface area contributed by atoms with Crippen molar-refractivity contribution in [2.75, 3.05) is 0 Å². The van der Waals surface area contributed by atoms with Gasteiger partial charge in [0.1, 0.15) is 0 Å². The van der Waals surface area contributed by atoms with Gasteiger partial charge >= 0.3 is 0 Å². The zero-order chi connectivity index (χ0) is 18.1. The van der Waals surface area contributed by atoms with Crippen molar-refractivity contribution in [1.82, 2.24) is 0 Å². The first-order valence-electron chi connectivity index (χ1n) is 10.6. The third-order valence-electron chi connectivity index (χ3n) is 6.40. The van der Waals surface area contributed by atoms with Crippen LogP contribution in [0.15, 0.2) is 36.4 Å². The molecule has 0 spiro atoms. The molecule has 0 nitrogen and oxygen atoms in total. The second-order valence-corrected chi connectivity index (χ2v) is 8.34. The smallest absolute Gasteiger partial charge is 0.0143 e. The Bertz CT molecular complexity index is 837. The van der Waals surface area contributed by atoms with E-state index in [-0.39, 0.29) is 0 Å². The summed E-state index contributed by atoms with van der Waals surface area (Å²) in [5.74, 6) is 0.586. The Hall–Kier alpha value is -1.82. The summed E-state index contributed by atoms with van der Waals surface area (Å²) in [6, 6.07) is 11.8. The van der Waals surface area contributed by atoms with Gasteiger partial charge in [-0.15, -0.1) is 0 Å².